The second-order valence-electron chi connectivity index (χ2n) is 7.46. The van der Waals surface area contributed by atoms with Crippen molar-refractivity contribution in [2.45, 2.75) is 31.2 Å². The SMILES string of the molecule is CN1C(=O)C(c2ccc(N3CCCC3=O)cc2)[C@@](C)(c2ccc(C#N)s2)N=C1N. The number of nitrogens with zero attached hydrogens (tertiary/aromatic N) is 4. The van der Waals surface area contributed by atoms with Gasteiger partial charge in [0.2, 0.25) is 11.8 Å². The first-order valence-corrected chi connectivity index (χ1v) is 10.2. The smallest absolute Gasteiger partial charge is 0.239 e. The summed E-state index contributed by atoms with van der Waals surface area (Å²) in [7, 11) is 1.61. The van der Waals surface area contributed by atoms with Crippen LogP contribution in [-0.2, 0) is 15.1 Å². The summed E-state index contributed by atoms with van der Waals surface area (Å²) in [5.74, 6) is -0.471. The molecule has 0 radical (unpaired) electrons. The van der Waals surface area contributed by atoms with Gasteiger partial charge in [0.25, 0.3) is 0 Å². The summed E-state index contributed by atoms with van der Waals surface area (Å²) in [6.07, 6.45) is 1.43. The lowest BCUT2D eigenvalue weighted by molar-refractivity contribution is -0.130. The Balaban J connectivity index is 1.77. The quantitative estimate of drug-likeness (QED) is 0.844. The molecule has 2 atom stereocenters. The number of amides is 2. The molecular formula is C21H21N5O2S. The molecule has 148 valence electrons. The van der Waals surface area contributed by atoms with Gasteiger partial charge in [-0.3, -0.25) is 14.5 Å². The third kappa shape index (κ3) is 3.08. The van der Waals surface area contributed by atoms with Crippen molar-refractivity contribution in [1.82, 2.24) is 4.90 Å². The molecule has 2 amide bonds. The molecule has 1 aromatic heterocycles. The Morgan fingerprint density at radius 2 is 1.97 bits per heavy atom. The molecule has 0 spiro atoms. The van der Waals surface area contributed by atoms with E-state index in [9.17, 15) is 14.9 Å². The van der Waals surface area contributed by atoms with Crippen LogP contribution in [-0.4, -0.2) is 36.3 Å². The average Bonchev–Trinajstić information content (AvgIpc) is 3.36. The van der Waals surface area contributed by atoms with Crippen molar-refractivity contribution in [3.8, 4) is 6.07 Å². The second kappa shape index (κ2) is 7.01. The van der Waals surface area contributed by atoms with Gasteiger partial charge < -0.3 is 10.6 Å². The number of benzene rings is 1. The Labute approximate surface area is 173 Å². The number of aliphatic imine (C=N–C) groups is 1. The van der Waals surface area contributed by atoms with E-state index in [0.717, 1.165) is 22.5 Å². The Kier molecular flexibility index (Phi) is 4.63. The van der Waals surface area contributed by atoms with Crippen molar-refractivity contribution in [2.75, 3.05) is 18.5 Å². The van der Waals surface area contributed by atoms with Crippen LogP contribution >= 0.6 is 11.3 Å². The summed E-state index contributed by atoms with van der Waals surface area (Å²) in [4.78, 5) is 34.4. The highest BCUT2D eigenvalue weighted by Crippen LogP contribution is 2.46. The summed E-state index contributed by atoms with van der Waals surface area (Å²) < 4.78 is 0. The molecule has 2 aliphatic rings. The van der Waals surface area contributed by atoms with Gasteiger partial charge in [0.15, 0.2) is 5.96 Å². The molecule has 2 N–H and O–H groups in total. The van der Waals surface area contributed by atoms with Gasteiger partial charge >= 0.3 is 0 Å². The van der Waals surface area contributed by atoms with Crippen LogP contribution in [0.15, 0.2) is 41.4 Å². The molecule has 1 fully saturated rings. The first-order chi connectivity index (χ1) is 13.8. The van der Waals surface area contributed by atoms with Crippen molar-refractivity contribution < 1.29 is 9.59 Å². The number of nitriles is 1. The molecule has 3 heterocycles. The predicted molar refractivity (Wildman–Crippen MR) is 112 cm³/mol. The van der Waals surface area contributed by atoms with E-state index >= 15 is 0 Å². The number of anilines is 1. The van der Waals surface area contributed by atoms with E-state index in [4.69, 9.17) is 5.73 Å². The molecule has 2 aliphatic heterocycles. The third-order valence-electron chi connectivity index (χ3n) is 5.66. The van der Waals surface area contributed by atoms with Crippen molar-refractivity contribution in [3.63, 3.8) is 0 Å². The highest BCUT2D eigenvalue weighted by molar-refractivity contribution is 7.12. The maximum atomic E-state index is 13.2. The van der Waals surface area contributed by atoms with Crippen LogP contribution in [0.2, 0.25) is 0 Å². The van der Waals surface area contributed by atoms with E-state index in [2.05, 4.69) is 11.1 Å². The first-order valence-electron chi connectivity index (χ1n) is 9.39. The van der Waals surface area contributed by atoms with Crippen LogP contribution in [0.4, 0.5) is 5.69 Å². The second-order valence-corrected chi connectivity index (χ2v) is 8.55. The summed E-state index contributed by atoms with van der Waals surface area (Å²) in [6, 6.07) is 13.2. The molecule has 0 aliphatic carbocycles. The summed E-state index contributed by atoms with van der Waals surface area (Å²) >= 11 is 1.32. The lowest BCUT2D eigenvalue weighted by atomic mass is 9.77. The number of hydrogen-bond acceptors (Lipinski definition) is 6. The Morgan fingerprint density at radius 1 is 1.24 bits per heavy atom. The molecule has 29 heavy (non-hydrogen) atoms. The van der Waals surface area contributed by atoms with E-state index in [0.29, 0.717) is 17.8 Å². The molecule has 1 aromatic carbocycles. The van der Waals surface area contributed by atoms with E-state index in [1.165, 1.54) is 16.2 Å². The van der Waals surface area contributed by atoms with E-state index in [1.54, 1.807) is 18.0 Å². The zero-order valence-corrected chi connectivity index (χ0v) is 17.1. The molecule has 8 heteroatoms. The third-order valence-corrected chi connectivity index (χ3v) is 6.87. The lowest BCUT2D eigenvalue weighted by Crippen LogP contribution is -2.52. The van der Waals surface area contributed by atoms with Crippen LogP contribution < -0.4 is 10.6 Å². The van der Waals surface area contributed by atoms with Crippen LogP contribution in [0.25, 0.3) is 0 Å². The fourth-order valence-electron chi connectivity index (χ4n) is 4.03. The standard InChI is InChI=1S/C21H21N5O2S/c1-21(16-10-9-15(12-22)29-16)18(19(28)25(2)20(23)24-21)13-5-7-14(8-6-13)26-11-3-4-17(26)27/h5-10,18H,3-4,11H2,1-2H3,(H2,23,24)/t18?,21-/m1/s1. The van der Waals surface area contributed by atoms with Crippen molar-refractivity contribution in [2.24, 2.45) is 10.7 Å². The Bertz CT molecular complexity index is 1050. The molecule has 0 saturated carbocycles. The maximum Gasteiger partial charge on any atom is 0.239 e. The van der Waals surface area contributed by atoms with Gasteiger partial charge in [-0.15, -0.1) is 11.3 Å². The minimum atomic E-state index is -0.918. The first kappa shape index (κ1) is 19.2. The minimum absolute atomic E-state index is 0.121. The number of thiophene rings is 1. The minimum Gasteiger partial charge on any atom is -0.369 e. The molecule has 2 aromatic rings. The zero-order valence-electron chi connectivity index (χ0n) is 16.3. The van der Waals surface area contributed by atoms with Crippen LogP contribution in [0, 0.1) is 11.3 Å². The van der Waals surface area contributed by atoms with Gasteiger partial charge in [0.1, 0.15) is 16.5 Å². The summed E-state index contributed by atoms with van der Waals surface area (Å²) in [5.41, 5.74) is 6.74. The van der Waals surface area contributed by atoms with Gasteiger partial charge in [-0.25, -0.2) is 4.99 Å². The number of carbonyl (C=O) groups is 2. The highest BCUT2D eigenvalue weighted by Gasteiger charge is 2.48. The molecule has 0 bridgehead atoms. The van der Waals surface area contributed by atoms with Gasteiger partial charge in [-0.2, -0.15) is 5.26 Å². The van der Waals surface area contributed by atoms with Crippen molar-refractivity contribution >= 4 is 34.8 Å². The monoisotopic (exact) mass is 407 g/mol. The fraction of sp³-hybridized carbons (Fsp3) is 0.333. The van der Waals surface area contributed by atoms with Gasteiger partial charge in [0.05, 0.1) is 5.92 Å². The lowest BCUT2D eigenvalue weighted by Gasteiger charge is -2.40. The van der Waals surface area contributed by atoms with Gasteiger partial charge in [-0.05, 0) is 43.2 Å². The summed E-state index contributed by atoms with van der Waals surface area (Å²) in [6.45, 7) is 2.59. The van der Waals surface area contributed by atoms with E-state index in [-0.39, 0.29) is 17.8 Å². The fourth-order valence-corrected chi connectivity index (χ4v) is 4.95. The van der Waals surface area contributed by atoms with E-state index in [1.807, 2.05) is 37.3 Å². The average molecular weight is 407 g/mol. The van der Waals surface area contributed by atoms with Crippen LogP contribution in [0.5, 0.6) is 0 Å². The van der Waals surface area contributed by atoms with Gasteiger partial charge in [-0.1, -0.05) is 12.1 Å². The Morgan fingerprint density at radius 3 is 2.55 bits per heavy atom. The Hall–Kier alpha value is -3.18. The topological polar surface area (TPSA) is 103 Å². The van der Waals surface area contributed by atoms with Crippen molar-refractivity contribution in [1.29, 1.82) is 5.26 Å². The van der Waals surface area contributed by atoms with Crippen LogP contribution in [0.1, 0.15) is 41.0 Å². The molecule has 1 unspecified atom stereocenters. The molecular weight excluding hydrogens is 386 g/mol. The van der Waals surface area contributed by atoms with Crippen LogP contribution in [0.3, 0.4) is 0 Å². The number of rotatable bonds is 3. The summed E-state index contributed by atoms with van der Waals surface area (Å²) in [5, 5.41) is 9.21. The zero-order chi connectivity index (χ0) is 20.8. The number of likely N-dealkylation sites (N-methyl/N-ethyl adjacent to an activating group) is 1. The van der Waals surface area contributed by atoms with E-state index < -0.39 is 11.5 Å². The predicted octanol–water partition coefficient (Wildman–Crippen LogP) is 2.53. The number of carbonyl (C=O) groups excluding carboxylic acids is 2. The molecule has 4 rings (SSSR count). The van der Waals surface area contributed by atoms with Crippen molar-refractivity contribution in [3.05, 3.63) is 51.7 Å². The normalized spacial score (nSPS) is 24.6. The molecule has 7 nitrogen and oxygen atoms in total. The maximum absolute atomic E-state index is 13.2. The number of guanidine groups is 1. The number of nitrogens with two attached hydrogens (primary N) is 1. The molecule has 1 saturated heterocycles. The highest BCUT2D eigenvalue weighted by atomic mass is 32.1. The largest absolute Gasteiger partial charge is 0.369 e. The van der Waals surface area contributed by atoms with Gasteiger partial charge in [0, 0.05) is 30.6 Å². The number of hydrogen-bond donors (Lipinski definition) is 1.